The molecule has 29 heavy (non-hydrogen) atoms. The van der Waals surface area contributed by atoms with Crippen molar-refractivity contribution < 1.29 is 4.74 Å². The number of hydrogen-bond donors (Lipinski definition) is 1. The van der Waals surface area contributed by atoms with E-state index in [0.717, 1.165) is 45.2 Å². The number of unbranched alkanes of at least 4 members (excludes halogenated alkanes) is 4. The smallest absolute Gasteiger partial charge is 0.203 e. The summed E-state index contributed by atoms with van der Waals surface area (Å²) in [4.78, 5) is 4.57. The summed E-state index contributed by atoms with van der Waals surface area (Å²) in [5.74, 6) is 0.907. The number of nitrogens with one attached hydrogen (secondary N) is 1. The minimum atomic E-state index is 0.766. The van der Waals surface area contributed by atoms with Gasteiger partial charge >= 0.3 is 0 Å². The van der Waals surface area contributed by atoms with Crippen LogP contribution in [0.2, 0.25) is 0 Å². The fourth-order valence-corrected chi connectivity index (χ4v) is 3.72. The Morgan fingerprint density at radius 3 is 2.55 bits per heavy atom. The number of hydrogen-bond acceptors (Lipinski definition) is 5. The molecule has 0 aliphatic heterocycles. The van der Waals surface area contributed by atoms with Gasteiger partial charge in [0.05, 0.1) is 18.5 Å². The van der Waals surface area contributed by atoms with E-state index < -0.39 is 0 Å². The van der Waals surface area contributed by atoms with Crippen LogP contribution in [0.25, 0.3) is 11.3 Å². The molecule has 3 aromatic rings. The van der Waals surface area contributed by atoms with Crippen molar-refractivity contribution in [3.63, 3.8) is 0 Å². The summed E-state index contributed by atoms with van der Waals surface area (Å²) < 4.78 is 6.85. The molecule has 1 N–H and O–H groups in total. The number of nitrogens with zero attached hydrogens (tertiary/aromatic N) is 2. The van der Waals surface area contributed by atoms with Gasteiger partial charge in [0.2, 0.25) is 5.13 Å². The lowest BCUT2D eigenvalue weighted by Crippen LogP contribution is -1.97. The van der Waals surface area contributed by atoms with Crippen LogP contribution in [0, 0.1) is 0 Å². The maximum atomic E-state index is 5.80. The Bertz CT molecular complexity index is 891. The van der Waals surface area contributed by atoms with E-state index in [1.54, 1.807) is 6.21 Å². The molecule has 2 aromatic carbocycles. The summed E-state index contributed by atoms with van der Waals surface area (Å²) >= 11 is 4.98. The molecule has 3 rings (SSSR count). The van der Waals surface area contributed by atoms with Crippen molar-refractivity contribution >= 4 is 38.6 Å². The number of ether oxygens (including phenoxy) is 1. The monoisotopic (exact) mass is 471 g/mol. The van der Waals surface area contributed by atoms with Crippen LogP contribution in [-0.2, 0) is 0 Å². The quantitative estimate of drug-likeness (QED) is 0.180. The molecule has 0 aliphatic rings. The minimum absolute atomic E-state index is 0.766. The van der Waals surface area contributed by atoms with Crippen molar-refractivity contribution in [1.29, 1.82) is 0 Å². The van der Waals surface area contributed by atoms with Crippen LogP contribution in [0.5, 0.6) is 5.75 Å². The lowest BCUT2D eigenvalue weighted by atomic mass is 10.2. The zero-order chi connectivity index (χ0) is 20.3. The van der Waals surface area contributed by atoms with E-state index >= 15 is 0 Å². The summed E-state index contributed by atoms with van der Waals surface area (Å²) in [6.07, 6.45) is 8.02. The average Bonchev–Trinajstić information content (AvgIpc) is 3.21. The first kappa shape index (κ1) is 21.5. The molecule has 1 heterocycles. The van der Waals surface area contributed by atoms with Gasteiger partial charge < -0.3 is 4.74 Å². The van der Waals surface area contributed by atoms with E-state index in [9.17, 15) is 0 Å². The standard InChI is InChI=1S/C23H26BrN3OS/c1-2-3-4-5-6-15-28-21-13-7-18(8-14-21)16-25-27-23-26-22(17-29-23)19-9-11-20(24)12-10-19/h7-14,16-17H,2-6,15H2,1H3,(H,26,27)/b25-16+. The predicted octanol–water partition coefficient (Wildman–Crippen LogP) is 7.37. The Morgan fingerprint density at radius 1 is 1.03 bits per heavy atom. The summed E-state index contributed by atoms with van der Waals surface area (Å²) in [5, 5.41) is 7.08. The molecule has 4 nitrogen and oxygen atoms in total. The third-order valence-corrected chi connectivity index (χ3v) is 5.69. The van der Waals surface area contributed by atoms with E-state index in [1.807, 2.05) is 53.9 Å². The first-order valence-electron chi connectivity index (χ1n) is 9.98. The fourth-order valence-electron chi connectivity index (χ4n) is 2.79. The first-order chi connectivity index (χ1) is 14.2. The summed E-state index contributed by atoms with van der Waals surface area (Å²) in [6.45, 7) is 3.01. The number of aromatic nitrogens is 1. The molecule has 0 saturated heterocycles. The van der Waals surface area contributed by atoms with E-state index in [0.29, 0.717) is 0 Å². The van der Waals surface area contributed by atoms with Gasteiger partial charge in [0.25, 0.3) is 0 Å². The topological polar surface area (TPSA) is 46.5 Å². The molecule has 0 bridgehead atoms. The second-order valence-electron chi connectivity index (χ2n) is 6.75. The number of thiazole rings is 1. The number of hydrazone groups is 1. The van der Waals surface area contributed by atoms with Gasteiger partial charge in [-0.25, -0.2) is 4.98 Å². The van der Waals surface area contributed by atoms with Crippen molar-refractivity contribution in [2.75, 3.05) is 12.0 Å². The molecule has 0 atom stereocenters. The molecule has 0 unspecified atom stereocenters. The largest absolute Gasteiger partial charge is 0.494 e. The third-order valence-electron chi connectivity index (χ3n) is 4.41. The molecule has 0 fully saturated rings. The molecule has 0 aliphatic carbocycles. The van der Waals surface area contributed by atoms with E-state index in [2.05, 4.69) is 38.4 Å². The van der Waals surface area contributed by atoms with Crippen molar-refractivity contribution in [3.05, 3.63) is 63.9 Å². The Kier molecular flexibility index (Phi) is 8.71. The third kappa shape index (κ3) is 7.29. The molecule has 0 saturated carbocycles. The molecule has 0 radical (unpaired) electrons. The molecule has 6 heteroatoms. The van der Waals surface area contributed by atoms with Crippen molar-refractivity contribution in [2.24, 2.45) is 5.10 Å². The number of benzene rings is 2. The highest BCUT2D eigenvalue weighted by molar-refractivity contribution is 9.10. The van der Waals surface area contributed by atoms with Gasteiger partial charge in [0, 0.05) is 15.4 Å². The SMILES string of the molecule is CCCCCCCOc1ccc(/C=N/Nc2nc(-c3ccc(Br)cc3)cs2)cc1. The Balaban J connectivity index is 1.44. The Labute approximate surface area is 185 Å². The maximum absolute atomic E-state index is 5.80. The Hall–Kier alpha value is -2.18. The lowest BCUT2D eigenvalue weighted by Gasteiger charge is -2.06. The molecular weight excluding hydrogens is 446 g/mol. The maximum Gasteiger partial charge on any atom is 0.203 e. The molecular formula is C23H26BrN3OS. The second-order valence-corrected chi connectivity index (χ2v) is 8.52. The zero-order valence-corrected chi connectivity index (χ0v) is 19.0. The van der Waals surface area contributed by atoms with Gasteiger partial charge in [0.1, 0.15) is 5.75 Å². The van der Waals surface area contributed by atoms with Crippen LogP contribution in [0.4, 0.5) is 5.13 Å². The van der Waals surface area contributed by atoms with E-state index in [4.69, 9.17) is 4.74 Å². The van der Waals surface area contributed by atoms with Crippen molar-refractivity contribution in [1.82, 2.24) is 4.98 Å². The van der Waals surface area contributed by atoms with Crippen LogP contribution in [-0.4, -0.2) is 17.8 Å². The normalized spacial score (nSPS) is 11.1. The fraction of sp³-hybridized carbons (Fsp3) is 0.304. The molecule has 152 valence electrons. The van der Waals surface area contributed by atoms with Crippen molar-refractivity contribution in [2.45, 2.75) is 39.0 Å². The number of anilines is 1. The highest BCUT2D eigenvalue weighted by Crippen LogP contribution is 2.26. The van der Waals surface area contributed by atoms with Gasteiger partial charge in [0.15, 0.2) is 0 Å². The summed E-state index contributed by atoms with van der Waals surface area (Å²) in [6, 6.07) is 16.1. The Morgan fingerprint density at radius 2 is 1.79 bits per heavy atom. The number of rotatable bonds is 11. The van der Waals surface area contributed by atoms with Gasteiger partial charge in [-0.1, -0.05) is 60.7 Å². The van der Waals surface area contributed by atoms with Gasteiger partial charge in [-0.05, 0) is 48.4 Å². The lowest BCUT2D eigenvalue weighted by molar-refractivity contribution is 0.304. The molecule has 0 amide bonds. The van der Waals surface area contributed by atoms with Crippen LogP contribution in [0.3, 0.4) is 0 Å². The predicted molar refractivity (Wildman–Crippen MR) is 127 cm³/mol. The first-order valence-corrected chi connectivity index (χ1v) is 11.7. The molecule has 0 spiro atoms. The molecule has 1 aromatic heterocycles. The highest BCUT2D eigenvalue weighted by atomic mass is 79.9. The summed E-state index contributed by atoms with van der Waals surface area (Å²) in [5.41, 5.74) is 6.04. The zero-order valence-electron chi connectivity index (χ0n) is 16.6. The number of halogens is 1. The van der Waals surface area contributed by atoms with Crippen LogP contribution in [0.15, 0.2) is 63.5 Å². The average molecular weight is 472 g/mol. The van der Waals surface area contributed by atoms with Gasteiger partial charge in [-0.15, -0.1) is 11.3 Å². The van der Waals surface area contributed by atoms with Gasteiger partial charge in [-0.2, -0.15) is 5.10 Å². The van der Waals surface area contributed by atoms with E-state index in [1.165, 1.54) is 37.0 Å². The summed E-state index contributed by atoms with van der Waals surface area (Å²) in [7, 11) is 0. The van der Waals surface area contributed by atoms with Gasteiger partial charge in [-0.3, -0.25) is 5.43 Å². The van der Waals surface area contributed by atoms with Crippen LogP contribution >= 0.6 is 27.3 Å². The van der Waals surface area contributed by atoms with Crippen molar-refractivity contribution in [3.8, 4) is 17.0 Å². The van der Waals surface area contributed by atoms with E-state index in [-0.39, 0.29) is 0 Å². The minimum Gasteiger partial charge on any atom is -0.494 e. The van der Waals surface area contributed by atoms with Crippen LogP contribution < -0.4 is 10.2 Å². The highest BCUT2D eigenvalue weighted by Gasteiger charge is 2.03. The van der Waals surface area contributed by atoms with Crippen LogP contribution in [0.1, 0.15) is 44.6 Å². The second kappa shape index (κ2) is 11.7.